The average Bonchev–Trinajstić information content (AvgIpc) is 3.60. The van der Waals surface area contributed by atoms with E-state index >= 15 is 0 Å². The van der Waals surface area contributed by atoms with Crippen molar-refractivity contribution in [3.8, 4) is 28.3 Å². The quantitative estimate of drug-likeness (QED) is 0.286. The lowest BCUT2D eigenvalue weighted by Crippen LogP contribution is -2.19. The van der Waals surface area contributed by atoms with Crippen molar-refractivity contribution < 1.29 is 4.79 Å². The summed E-state index contributed by atoms with van der Waals surface area (Å²) in [7, 11) is 0. The van der Waals surface area contributed by atoms with Gasteiger partial charge in [-0.3, -0.25) is 19.9 Å². The van der Waals surface area contributed by atoms with Gasteiger partial charge in [0.05, 0.1) is 64.4 Å². The van der Waals surface area contributed by atoms with Crippen LogP contribution in [0.15, 0.2) is 61.6 Å². The van der Waals surface area contributed by atoms with Crippen molar-refractivity contribution in [3.05, 3.63) is 67.3 Å². The molecule has 6 rings (SSSR count). The average molecular weight is 506 g/mol. The Morgan fingerprint density at radius 2 is 1.89 bits per heavy atom. The third-order valence-electron chi connectivity index (χ3n) is 6.19. The number of aryl methyl sites for hydroxylation is 1. The van der Waals surface area contributed by atoms with Crippen LogP contribution in [0.5, 0.6) is 0 Å². The predicted molar refractivity (Wildman–Crippen MR) is 147 cm³/mol. The number of carbonyl (C=O) groups excluding carboxylic acids is 1. The normalized spacial score (nSPS) is 11.9. The fraction of sp³-hybridized carbons (Fsp3) is 0.214. The maximum absolute atomic E-state index is 12.4. The van der Waals surface area contributed by atoms with Gasteiger partial charge in [0, 0.05) is 29.8 Å². The molecule has 38 heavy (non-hydrogen) atoms. The predicted octanol–water partition coefficient (Wildman–Crippen LogP) is 5.43. The summed E-state index contributed by atoms with van der Waals surface area (Å²) in [6.07, 6.45) is 11.2. The van der Waals surface area contributed by atoms with Gasteiger partial charge in [-0.05, 0) is 36.6 Å². The highest BCUT2D eigenvalue weighted by molar-refractivity contribution is 5.97. The second-order valence-corrected chi connectivity index (χ2v) is 10.6. The van der Waals surface area contributed by atoms with Crippen LogP contribution in [0.2, 0.25) is 0 Å². The van der Waals surface area contributed by atoms with Gasteiger partial charge in [0.15, 0.2) is 0 Å². The van der Waals surface area contributed by atoms with Gasteiger partial charge in [-0.15, -0.1) is 0 Å². The van der Waals surface area contributed by atoms with Crippen molar-refractivity contribution in [2.45, 2.75) is 34.1 Å². The number of carbonyl (C=O) groups is 1. The molecule has 0 radical (unpaired) electrons. The molecule has 1 amide bonds. The van der Waals surface area contributed by atoms with Crippen molar-refractivity contribution in [1.82, 2.24) is 39.7 Å². The monoisotopic (exact) mass is 505 g/mol. The van der Waals surface area contributed by atoms with Gasteiger partial charge in [0.1, 0.15) is 11.2 Å². The molecule has 0 spiro atoms. The van der Waals surface area contributed by atoms with E-state index in [1.54, 1.807) is 24.9 Å². The Labute approximate surface area is 218 Å². The first kappa shape index (κ1) is 23.5. The number of H-pyrrole nitrogens is 2. The van der Waals surface area contributed by atoms with E-state index in [4.69, 9.17) is 4.98 Å². The Hall–Kier alpha value is -4.86. The van der Waals surface area contributed by atoms with Gasteiger partial charge in [0.25, 0.3) is 0 Å². The Kier molecular flexibility index (Phi) is 5.52. The summed E-state index contributed by atoms with van der Waals surface area (Å²) in [5, 5.41) is 11.6. The third-order valence-corrected chi connectivity index (χ3v) is 6.19. The summed E-state index contributed by atoms with van der Waals surface area (Å²) < 4.78 is 1.96. The third kappa shape index (κ3) is 4.52. The summed E-state index contributed by atoms with van der Waals surface area (Å²) in [6.45, 7) is 8.06. The number of fused-ring (bicyclic) bond motifs is 2. The van der Waals surface area contributed by atoms with Crippen molar-refractivity contribution in [1.29, 1.82) is 0 Å². The van der Waals surface area contributed by atoms with Crippen LogP contribution in [0.4, 0.5) is 5.69 Å². The minimum Gasteiger partial charge on any atom is -0.352 e. The van der Waals surface area contributed by atoms with Crippen LogP contribution in [-0.4, -0.2) is 45.6 Å². The van der Waals surface area contributed by atoms with Crippen LogP contribution in [0.25, 0.3) is 50.3 Å². The molecule has 0 bridgehead atoms. The lowest BCUT2D eigenvalue weighted by Gasteiger charge is -2.17. The van der Waals surface area contributed by atoms with Crippen LogP contribution < -0.4 is 5.32 Å². The number of nitrogens with one attached hydrogen (secondary N) is 3. The van der Waals surface area contributed by atoms with E-state index in [-0.39, 0.29) is 11.3 Å². The minimum absolute atomic E-state index is 0.0458. The highest BCUT2D eigenvalue weighted by Gasteiger charge is 2.18. The molecular formula is C28H27N9O. The summed E-state index contributed by atoms with van der Waals surface area (Å²) in [4.78, 5) is 33.9. The number of rotatable bonds is 5. The number of anilines is 1. The number of aromatic amines is 2. The molecule has 0 aliphatic heterocycles. The zero-order chi connectivity index (χ0) is 26.4. The first-order valence-corrected chi connectivity index (χ1v) is 12.3. The van der Waals surface area contributed by atoms with Gasteiger partial charge in [0.2, 0.25) is 5.91 Å². The maximum atomic E-state index is 12.4. The highest BCUT2D eigenvalue weighted by atomic mass is 16.1. The Morgan fingerprint density at radius 3 is 2.68 bits per heavy atom. The largest absolute Gasteiger partial charge is 0.352 e. The Morgan fingerprint density at radius 1 is 1.05 bits per heavy atom. The summed E-state index contributed by atoms with van der Waals surface area (Å²) in [5.74, 6) is -0.0458. The summed E-state index contributed by atoms with van der Waals surface area (Å²) >= 11 is 0. The topological polar surface area (TPSA) is 130 Å². The maximum Gasteiger partial charge on any atom is 0.224 e. The molecule has 0 unspecified atom stereocenters. The lowest BCUT2D eigenvalue weighted by atomic mass is 9.92. The minimum atomic E-state index is -0.101. The molecule has 0 atom stereocenters. The zero-order valence-corrected chi connectivity index (χ0v) is 21.6. The number of hydrogen-bond acceptors (Lipinski definition) is 6. The molecule has 0 fully saturated rings. The number of pyridine rings is 3. The van der Waals surface area contributed by atoms with E-state index in [2.05, 4.69) is 41.5 Å². The molecule has 3 N–H and O–H groups in total. The molecule has 0 aliphatic carbocycles. The molecule has 0 saturated heterocycles. The molecule has 10 nitrogen and oxygen atoms in total. The van der Waals surface area contributed by atoms with E-state index in [1.807, 2.05) is 62.9 Å². The fourth-order valence-corrected chi connectivity index (χ4v) is 4.51. The van der Waals surface area contributed by atoms with Crippen LogP contribution in [0, 0.1) is 12.3 Å². The van der Waals surface area contributed by atoms with E-state index in [0.29, 0.717) is 17.8 Å². The first-order chi connectivity index (χ1) is 18.2. The van der Waals surface area contributed by atoms with Gasteiger partial charge in [-0.1, -0.05) is 20.8 Å². The first-order valence-electron chi connectivity index (χ1n) is 12.3. The van der Waals surface area contributed by atoms with Crippen LogP contribution in [-0.2, 0) is 4.79 Å². The number of imidazole rings is 1. The molecule has 190 valence electrons. The smallest absolute Gasteiger partial charge is 0.224 e. The zero-order valence-electron chi connectivity index (χ0n) is 21.6. The SMILES string of the molecule is Cc1cn(-c2cncc3[nH]c(-c4n[nH]c5ccc(-c6cncc(NC(=O)CC(C)(C)C)c6)nc45)cc23)cn1. The van der Waals surface area contributed by atoms with E-state index < -0.39 is 0 Å². The number of aromatic nitrogens is 8. The highest BCUT2D eigenvalue weighted by Crippen LogP contribution is 2.32. The van der Waals surface area contributed by atoms with Crippen molar-refractivity contribution in [2.75, 3.05) is 5.32 Å². The van der Waals surface area contributed by atoms with Gasteiger partial charge < -0.3 is 14.9 Å². The number of amides is 1. The summed E-state index contributed by atoms with van der Waals surface area (Å²) in [6, 6.07) is 7.80. The lowest BCUT2D eigenvalue weighted by molar-refractivity contribution is -0.117. The molecule has 0 aliphatic rings. The van der Waals surface area contributed by atoms with Crippen molar-refractivity contribution in [3.63, 3.8) is 0 Å². The Balaban J connectivity index is 1.36. The molecule has 6 heterocycles. The standard InChI is InChI=1S/C28H27N9O/c1-16-14-37(15-31-16)24-13-30-12-23-19(24)8-22(33-23)27-26-21(35-36-27)6-5-20(34-26)17-7-18(11-29-10-17)32-25(38)9-28(2,3)4/h5-8,10-15,33H,9H2,1-4H3,(H,32,38)(H,35,36). The molecular weight excluding hydrogens is 478 g/mol. The van der Waals surface area contributed by atoms with Gasteiger partial charge >= 0.3 is 0 Å². The van der Waals surface area contributed by atoms with Crippen LogP contribution >= 0.6 is 0 Å². The van der Waals surface area contributed by atoms with E-state index in [0.717, 1.165) is 50.3 Å². The van der Waals surface area contributed by atoms with Crippen LogP contribution in [0.1, 0.15) is 32.9 Å². The van der Waals surface area contributed by atoms with Crippen LogP contribution in [0.3, 0.4) is 0 Å². The molecule has 10 heteroatoms. The molecule has 6 aromatic rings. The van der Waals surface area contributed by atoms with Gasteiger partial charge in [-0.25, -0.2) is 9.97 Å². The van der Waals surface area contributed by atoms with Crippen molar-refractivity contribution >= 4 is 33.5 Å². The second-order valence-electron chi connectivity index (χ2n) is 10.6. The van der Waals surface area contributed by atoms with Gasteiger partial charge in [-0.2, -0.15) is 5.10 Å². The van der Waals surface area contributed by atoms with E-state index in [1.165, 1.54) is 0 Å². The number of hydrogen-bond donors (Lipinski definition) is 3. The van der Waals surface area contributed by atoms with Crippen molar-refractivity contribution in [2.24, 2.45) is 5.41 Å². The second kappa shape index (κ2) is 8.91. The number of nitrogens with zero attached hydrogens (tertiary/aromatic N) is 6. The molecule has 0 aromatic carbocycles. The molecule has 0 saturated carbocycles. The summed E-state index contributed by atoms with van der Waals surface area (Å²) in [5.41, 5.74) is 7.87. The Bertz CT molecular complexity index is 1800. The fourth-order valence-electron chi connectivity index (χ4n) is 4.51. The molecule has 6 aromatic heterocycles. The van der Waals surface area contributed by atoms with E-state index in [9.17, 15) is 4.79 Å².